The lowest BCUT2D eigenvalue weighted by atomic mass is 10.1. The van der Waals surface area contributed by atoms with E-state index in [9.17, 15) is 9.59 Å². The lowest BCUT2D eigenvalue weighted by molar-refractivity contribution is 0.0602. The van der Waals surface area contributed by atoms with Crippen molar-refractivity contribution < 1.29 is 33.1 Å². The van der Waals surface area contributed by atoms with Gasteiger partial charge in [0.05, 0.1) is 38.5 Å². The second-order valence-corrected chi connectivity index (χ2v) is 7.01. The number of methoxy groups -OCH3 is 4. The summed E-state index contributed by atoms with van der Waals surface area (Å²) in [6.07, 6.45) is 0. The predicted molar refractivity (Wildman–Crippen MR) is 117 cm³/mol. The Hall–Kier alpha value is -3.43. The van der Waals surface area contributed by atoms with Crippen LogP contribution in [0.25, 0.3) is 11.3 Å². The van der Waals surface area contributed by atoms with Crippen LogP contribution in [0.15, 0.2) is 34.9 Å². The fraction of sp³-hybridized carbons (Fsp3) is 0.190. The van der Waals surface area contributed by atoms with E-state index in [0.717, 1.165) is 0 Å². The first-order valence-electron chi connectivity index (χ1n) is 8.99. The number of hydrogen-bond donors (Lipinski definition) is 1. The van der Waals surface area contributed by atoms with Crippen molar-refractivity contribution in [3.63, 3.8) is 0 Å². The molecule has 9 nitrogen and oxygen atoms in total. The van der Waals surface area contributed by atoms with Gasteiger partial charge >= 0.3 is 5.97 Å². The third-order valence-corrected chi connectivity index (χ3v) is 5.07. The van der Waals surface area contributed by atoms with Crippen LogP contribution in [0.5, 0.6) is 17.2 Å². The van der Waals surface area contributed by atoms with E-state index in [1.54, 1.807) is 18.2 Å². The van der Waals surface area contributed by atoms with E-state index in [4.69, 9.17) is 46.7 Å². The van der Waals surface area contributed by atoms with Crippen molar-refractivity contribution in [1.29, 1.82) is 0 Å². The van der Waals surface area contributed by atoms with E-state index >= 15 is 0 Å². The number of carbonyl (C=O) groups excluding carboxylic acids is 2. The van der Waals surface area contributed by atoms with Crippen molar-refractivity contribution in [2.75, 3.05) is 33.8 Å². The van der Waals surface area contributed by atoms with E-state index in [0.29, 0.717) is 5.75 Å². The maximum atomic E-state index is 12.9. The standard InChI is InChI=1S/C21H18Cl2N2O7/c1-28-13-8-10(9-14(29-2)18(13)30-3)19(26)24-20-16(21(27)31-4)17(25-32-20)15-11(22)6-5-7-12(15)23/h5-9H,1-4H3,(H,24,26). The number of esters is 1. The van der Waals surface area contributed by atoms with Gasteiger partial charge in [-0.1, -0.05) is 34.4 Å². The lowest BCUT2D eigenvalue weighted by Crippen LogP contribution is -2.15. The summed E-state index contributed by atoms with van der Waals surface area (Å²) in [5, 5.41) is 6.86. The summed E-state index contributed by atoms with van der Waals surface area (Å²) >= 11 is 12.5. The number of rotatable bonds is 7. The number of hydrogen-bond acceptors (Lipinski definition) is 8. The number of benzene rings is 2. The van der Waals surface area contributed by atoms with Crippen LogP contribution in [0, 0.1) is 0 Å². The smallest absolute Gasteiger partial charge is 0.345 e. The zero-order chi connectivity index (χ0) is 23.4. The third kappa shape index (κ3) is 4.30. The average molecular weight is 481 g/mol. The largest absolute Gasteiger partial charge is 0.493 e. The molecule has 168 valence electrons. The van der Waals surface area contributed by atoms with Crippen LogP contribution in [0.2, 0.25) is 10.0 Å². The molecule has 0 radical (unpaired) electrons. The number of aromatic nitrogens is 1. The highest BCUT2D eigenvalue weighted by Crippen LogP contribution is 2.40. The van der Waals surface area contributed by atoms with Crippen LogP contribution in [0.1, 0.15) is 20.7 Å². The Morgan fingerprint density at radius 3 is 2.06 bits per heavy atom. The zero-order valence-corrected chi connectivity index (χ0v) is 19.0. The summed E-state index contributed by atoms with van der Waals surface area (Å²) in [7, 11) is 5.46. The maximum Gasteiger partial charge on any atom is 0.345 e. The Morgan fingerprint density at radius 2 is 1.56 bits per heavy atom. The van der Waals surface area contributed by atoms with Gasteiger partial charge in [0.15, 0.2) is 17.1 Å². The third-order valence-electron chi connectivity index (χ3n) is 4.44. The Kier molecular flexibility index (Phi) is 7.12. The molecule has 32 heavy (non-hydrogen) atoms. The normalized spacial score (nSPS) is 10.4. The van der Waals surface area contributed by atoms with Gasteiger partial charge in [-0.2, -0.15) is 0 Å². The summed E-state index contributed by atoms with van der Waals surface area (Å²) in [4.78, 5) is 25.4. The van der Waals surface area contributed by atoms with Crippen molar-refractivity contribution in [3.8, 4) is 28.5 Å². The summed E-state index contributed by atoms with van der Waals surface area (Å²) in [5.41, 5.74) is 0.272. The number of carbonyl (C=O) groups is 2. The molecule has 3 aromatic rings. The van der Waals surface area contributed by atoms with Crippen molar-refractivity contribution in [3.05, 3.63) is 51.5 Å². The molecule has 0 fully saturated rings. The highest BCUT2D eigenvalue weighted by Gasteiger charge is 2.29. The van der Waals surface area contributed by atoms with Gasteiger partial charge in [0.25, 0.3) is 5.91 Å². The molecule has 0 saturated heterocycles. The second kappa shape index (κ2) is 9.80. The molecule has 0 saturated carbocycles. The molecule has 0 aliphatic carbocycles. The Bertz CT molecular complexity index is 1130. The highest BCUT2D eigenvalue weighted by molar-refractivity contribution is 6.39. The molecule has 0 bridgehead atoms. The monoisotopic (exact) mass is 480 g/mol. The van der Waals surface area contributed by atoms with E-state index < -0.39 is 11.9 Å². The van der Waals surface area contributed by atoms with Gasteiger partial charge in [0.2, 0.25) is 11.6 Å². The molecule has 0 aliphatic heterocycles. The summed E-state index contributed by atoms with van der Waals surface area (Å²) in [6.45, 7) is 0. The molecule has 2 aromatic carbocycles. The molecule has 0 aliphatic rings. The summed E-state index contributed by atoms with van der Waals surface area (Å²) < 4.78 is 25.9. The van der Waals surface area contributed by atoms with Gasteiger partial charge < -0.3 is 23.5 Å². The van der Waals surface area contributed by atoms with Crippen molar-refractivity contribution >= 4 is 41.0 Å². The van der Waals surface area contributed by atoms with Gasteiger partial charge in [-0.05, 0) is 24.3 Å². The number of ether oxygens (including phenoxy) is 4. The fourth-order valence-electron chi connectivity index (χ4n) is 2.95. The molecule has 1 amide bonds. The highest BCUT2D eigenvalue weighted by atomic mass is 35.5. The van der Waals surface area contributed by atoms with E-state index in [1.807, 2.05) is 0 Å². The minimum atomic E-state index is -0.808. The number of halogens is 2. The van der Waals surface area contributed by atoms with Gasteiger partial charge in [0, 0.05) is 11.1 Å². The molecule has 1 aromatic heterocycles. The van der Waals surface area contributed by atoms with E-state index in [1.165, 1.54) is 40.6 Å². The van der Waals surface area contributed by atoms with Crippen LogP contribution < -0.4 is 19.5 Å². The first kappa shape index (κ1) is 23.2. The van der Waals surface area contributed by atoms with Crippen LogP contribution in [-0.2, 0) is 4.74 Å². The topological polar surface area (TPSA) is 109 Å². The number of anilines is 1. The van der Waals surface area contributed by atoms with E-state index in [2.05, 4.69) is 10.5 Å². The van der Waals surface area contributed by atoms with Gasteiger partial charge in [0.1, 0.15) is 5.69 Å². The summed E-state index contributed by atoms with van der Waals surface area (Å²) in [6, 6.07) is 7.67. The van der Waals surface area contributed by atoms with E-state index in [-0.39, 0.29) is 49.8 Å². The summed E-state index contributed by atoms with van der Waals surface area (Å²) in [5.74, 6) is -0.837. The van der Waals surface area contributed by atoms with Crippen molar-refractivity contribution in [2.45, 2.75) is 0 Å². The molecule has 3 rings (SSSR count). The number of amides is 1. The van der Waals surface area contributed by atoms with Gasteiger partial charge in [-0.25, -0.2) is 4.79 Å². The molecule has 1 N–H and O–H groups in total. The van der Waals surface area contributed by atoms with Crippen LogP contribution in [-0.4, -0.2) is 45.5 Å². The van der Waals surface area contributed by atoms with Crippen molar-refractivity contribution in [2.24, 2.45) is 0 Å². The van der Waals surface area contributed by atoms with Gasteiger partial charge in [-0.3, -0.25) is 10.1 Å². The minimum absolute atomic E-state index is 0.0210. The Balaban J connectivity index is 2.06. The second-order valence-electron chi connectivity index (χ2n) is 6.19. The molecule has 0 atom stereocenters. The fourth-order valence-corrected chi connectivity index (χ4v) is 3.53. The Labute approximate surface area is 193 Å². The van der Waals surface area contributed by atoms with Crippen molar-refractivity contribution in [1.82, 2.24) is 5.16 Å². The quantitative estimate of drug-likeness (QED) is 0.484. The molecule has 0 unspecified atom stereocenters. The number of nitrogens with zero attached hydrogens (tertiary/aromatic N) is 1. The first-order chi connectivity index (χ1) is 15.4. The SMILES string of the molecule is COC(=O)c1c(-c2c(Cl)cccc2Cl)noc1NC(=O)c1cc(OC)c(OC)c(OC)c1. The molecular weight excluding hydrogens is 463 g/mol. The average Bonchev–Trinajstić information content (AvgIpc) is 3.20. The molecular formula is C21H18Cl2N2O7. The zero-order valence-electron chi connectivity index (χ0n) is 17.4. The van der Waals surface area contributed by atoms with Crippen LogP contribution in [0.3, 0.4) is 0 Å². The number of nitrogens with one attached hydrogen (secondary N) is 1. The maximum absolute atomic E-state index is 12.9. The minimum Gasteiger partial charge on any atom is -0.493 e. The molecule has 0 spiro atoms. The van der Waals surface area contributed by atoms with Gasteiger partial charge in [-0.15, -0.1) is 0 Å². The Morgan fingerprint density at radius 1 is 0.969 bits per heavy atom. The van der Waals surface area contributed by atoms with Crippen LogP contribution >= 0.6 is 23.2 Å². The molecule has 11 heteroatoms. The first-order valence-corrected chi connectivity index (χ1v) is 9.75. The van der Waals surface area contributed by atoms with Crippen LogP contribution in [0.4, 0.5) is 5.88 Å². The predicted octanol–water partition coefficient (Wildman–Crippen LogP) is 4.71. The molecule has 1 heterocycles. The lowest BCUT2D eigenvalue weighted by Gasteiger charge is -2.13.